The lowest BCUT2D eigenvalue weighted by atomic mass is 9.90. The van der Waals surface area contributed by atoms with Gasteiger partial charge in [0.25, 0.3) is 0 Å². The number of carbonyl (C=O) groups is 2. The van der Waals surface area contributed by atoms with Crippen LogP contribution in [0, 0.1) is 17.3 Å². The van der Waals surface area contributed by atoms with Gasteiger partial charge in [-0.15, -0.1) is 0 Å². The van der Waals surface area contributed by atoms with Crippen LogP contribution >= 0.6 is 0 Å². The summed E-state index contributed by atoms with van der Waals surface area (Å²) in [6, 6.07) is -0.295. The van der Waals surface area contributed by atoms with E-state index in [9.17, 15) is 9.59 Å². The number of hydrogen-bond acceptors (Lipinski definition) is 2. The van der Waals surface area contributed by atoms with Crippen molar-refractivity contribution in [3.8, 4) is 0 Å². The van der Waals surface area contributed by atoms with Gasteiger partial charge in [0.15, 0.2) is 0 Å². The molecule has 0 radical (unpaired) electrons. The Morgan fingerprint density at radius 1 is 1.21 bits per heavy atom. The molecule has 19 heavy (non-hydrogen) atoms. The van der Waals surface area contributed by atoms with Crippen molar-refractivity contribution in [3.63, 3.8) is 0 Å². The first-order chi connectivity index (χ1) is 8.68. The van der Waals surface area contributed by atoms with E-state index in [1.54, 1.807) is 0 Å². The molecule has 5 nitrogen and oxygen atoms in total. The fourth-order valence-electron chi connectivity index (χ4n) is 1.56. The van der Waals surface area contributed by atoms with Crippen molar-refractivity contribution < 1.29 is 14.7 Å². The molecule has 0 aliphatic carbocycles. The van der Waals surface area contributed by atoms with Crippen LogP contribution in [0.4, 0.5) is 4.79 Å². The summed E-state index contributed by atoms with van der Waals surface area (Å²) in [7, 11) is 0. The number of amides is 2. The van der Waals surface area contributed by atoms with E-state index in [0.717, 1.165) is 6.42 Å². The highest BCUT2D eigenvalue weighted by Crippen LogP contribution is 2.17. The van der Waals surface area contributed by atoms with Crippen LogP contribution in [-0.4, -0.2) is 30.2 Å². The molecule has 0 saturated carbocycles. The highest BCUT2D eigenvalue weighted by Gasteiger charge is 2.20. The van der Waals surface area contributed by atoms with Crippen LogP contribution in [0.25, 0.3) is 0 Å². The van der Waals surface area contributed by atoms with E-state index in [1.807, 2.05) is 13.8 Å². The maximum atomic E-state index is 11.6. The van der Waals surface area contributed by atoms with E-state index in [4.69, 9.17) is 5.11 Å². The number of rotatable bonds is 8. The van der Waals surface area contributed by atoms with Crippen molar-refractivity contribution in [1.29, 1.82) is 0 Å². The van der Waals surface area contributed by atoms with Crippen LogP contribution in [-0.2, 0) is 4.79 Å². The molecule has 3 N–H and O–H groups in total. The first-order valence-corrected chi connectivity index (χ1v) is 6.92. The van der Waals surface area contributed by atoms with E-state index >= 15 is 0 Å². The summed E-state index contributed by atoms with van der Waals surface area (Å²) >= 11 is 0. The molecule has 0 spiro atoms. The molecule has 0 aromatic heterocycles. The molecule has 1 atom stereocenters. The van der Waals surface area contributed by atoms with Gasteiger partial charge in [-0.3, -0.25) is 4.79 Å². The minimum absolute atomic E-state index is 0.0570. The van der Waals surface area contributed by atoms with Gasteiger partial charge in [0.05, 0.1) is 5.92 Å². The lowest BCUT2D eigenvalue weighted by Crippen LogP contribution is -2.43. The van der Waals surface area contributed by atoms with E-state index in [0.29, 0.717) is 18.9 Å². The molecule has 0 aliphatic rings. The monoisotopic (exact) mass is 272 g/mol. The van der Waals surface area contributed by atoms with Crippen molar-refractivity contribution in [2.45, 2.75) is 47.5 Å². The third-order valence-electron chi connectivity index (χ3n) is 3.30. The number of carboxylic acids is 1. The van der Waals surface area contributed by atoms with Crippen LogP contribution < -0.4 is 10.6 Å². The Morgan fingerprint density at radius 3 is 2.21 bits per heavy atom. The molecular weight excluding hydrogens is 244 g/mol. The second-order valence-electron chi connectivity index (χ2n) is 6.25. The summed E-state index contributed by atoms with van der Waals surface area (Å²) in [5.41, 5.74) is 0.0570. The van der Waals surface area contributed by atoms with E-state index < -0.39 is 11.9 Å². The van der Waals surface area contributed by atoms with E-state index in [1.165, 1.54) is 0 Å². The zero-order valence-electron chi connectivity index (χ0n) is 12.7. The summed E-state index contributed by atoms with van der Waals surface area (Å²) in [6.07, 6.45) is 1.54. The van der Waals surface area contributed by atoms with Crippen LogP contribution in [0.1, 0.15) is 47.5 Å². The van der Waals surface area contributed by atoms with E-state index in [-0.39, 0.29) is 18.0 Å². The van der Waals surface area contributed by atoms with Crippen LogP contribution in [0.5, 0.6) is 0 Å². The van der Waals surface area contributed by atoms with Gasteiger partial charge in [-0.2, -0.15) is 0 Å². The quantitative estimate of drug-likeness (QED) is 0.635. The fraction of sp³-hybridized carbons (Fsp3) is 0.857. The van der Waals surface area contributed by atoms with Crippen molar-refractivity contribution in [3.05, 3.63) is 0 Å². The molecular formula is C14H28N2O3. The molecule has 0 fully saturated rings. The molecule has 0 bridgehead atoms. The third-order valence-corrected chi connectivity index (χ3v) is 3.30. The molecule has 0 aromatic carbocycles. The second kappa shape index (κ2) is 8.02. The number of carbonyl (C=O) groups excluding carboxylic acids is 1. The average molecular weight is 272 g/mol. The SMILES string of the molecule is CCC(C)(C)CNC(=O)NCC(CC(C)C)C(=O)O. The predicted octanol–water partition coefficient (Wildman–Crippen LogP) is 2.47. The van der Waals surface area contributed by atoms with Crippen molar-refractivity contribution in [2.24, 2.45) is 17.3 Å². The van der Waals surface area contributed by atoms with Gasteiger partial charge in [-0.25, -0.2) is 4.79 Å². The first kappa shape index (κ1) is 17.7. The Bertz CT molecular complexity index is 301. The van der Waals surface area contributed by atoms with Crippen molar-refractivity contribution >= 4 is 12.0 Å². The standard InChI is InChI=1S/C14H28N2O3/c1-6-14(4,5)9-16-13(19)15-8-11(12(17)18)7-10(2)3/h10-11H,6-9H2,1-5H3,(H,17,18)(H2,15,16,19). The minimum Gasteiger partial charge on any atom is -0.481 e. The van der Waals surface area contributed by atoms with Gasteiger partial charge in [0, 0.05) is 13.1 Å². The molecule has 2 amide bonds. The van der Waals surface area contributed by atoms with Gasteiger partial charge >= 0.3 is 12.0 Å². The van der Waals surface area contributed by atoms with Crippen molar-refractivity contribution in [1.82, 2.24) is 10.6 Å². The molecule has 5 heteroatoms. The van der Waals surface area contributed by atoms with Gasteiger partial charge in [0.2, 0.25) is 0 Å². The number of carboxylic acid groups (broad SMARTS) is 1. The summed E-state index contributed by atoms with van der Waals surface area (Å²) in [5, 5.41) is 14.5. The zero-order valence-corrected chi connectivity index (χ0v) is 12.7. The van der Waals surface area contributed by atoms with Crippen LogP contribution in [0.2, 0.25) is 0 Å². The molecule has 0 saturated heterocycles. The second-order valence-corrected chi connectivity index (χ2v) is 6.25. The maximum Gasteiger partial charge on any atom is 0.314 e. The normalized spacial score (nSPS) is 13.2. The zero-order chi connectivity index (χ0) is 15.1. The number of hydrogen-bond donors (Lipinski definition) is 3. The predicted molar refractivity (Wildman–Crippen MR) is 76.1 cm³/mol. The first-order valence-electron chi connectivity index (χ1n) is 6.92. The average Bonchev–Trinajstić information content (AvgIpc) is 2.31. The molecule has 0 heterocycles. The Hall–Kier alpha value is -1.26. The topological polar surface area (TPSA) is 78.4 Å². The Kier molecular flexibility index (Phi) is 7.49. The molecule has 1 unspecified atom stereocenters. The lowest BCUT2D eigenvalue weighted by molar-refractivity contribution is -0.142. The van der Waals surface area contributed by atoms with E-state index in [2.05, 4.69) is 31.4 Å². The van der Waals surface area contributed by atoms with Gasteiger partial charge in [0.1, 0.15) is 0 Å². The molecule has 0 aliphatic heterocycles. The maximum absolute atomic E-state index is 11.6. The third kappa shape index (κ3) is 8.46. The highest BCUT2D eigenvalue weighted by molar-refractivity contribution is 5.75. The smallest absolute Gasteiger partial charge is 0.314 e. The lowest BCUT2D eigenvalue weighted by Gasteiger charge is -2.23. The number of aliphatic carboxylic acids is 1. The Morgan fingerprint density at radius 2 is 1.79 bits per heavy atom. The Balaban J connectivity index is 4.09. The summed E-state index contributed by atoms with van der Waals surface area (Å²) in [5.74, 6) is -1.09. The number of urea groups is 1. The molecule has 112 valence electrons. The molecule has 0 rings (SSSR count). The largest absolute Gasteiger partial charge is 0.481 e. The minimum atomic E-state index is -0.858. The van der Waals surface area contributed by atoms with Crippen LogP contribution in [0.3, 0.4) is 0 Å². The molecule has 0 aromatic rings. The van der Waals surface area contributed by atoms with Gasteiger partial charge < -0.3 is 15.7 Å². The van der Waals surface area contributed by atoms with Crippen LogP contribution in [0.15, 0.2) is 0 Å². The summed E-state index contributed by atoms with van der Waals surface area (Å²) < 4.78 is 0. The van der Waals surface area contributed by atoms with Gasteiger partial charge in [-0.05, 0) is 24.2 Å². The Labute approximate surface area is 116 Å². The fourth-order valence-corrected chi connectivity index (χ4v) is 1.56. The number of nitrogens with one attached hydrogen (secondary N) is 2. The summed E-state index contributed by atoms with van der Waals surface area (Å²) in [4.78, 5) is 22.6. The highest BCUT2D eigenvalue weighted by atomic mass is 16.4. The van der Waals surface area contributed by atoms with Crippen molar-refractivity contribution in [2.75, 3.05) is 13.1 Å². The summed E-state index contributed by atoms with van der Waals surface area (Å²) in [6.45, 7) is 10.9. The van der Waals surface area contributed by atoms with Gasteiger partial charge in [-0.1, -0.05) is 34.6 Å².